The fourth-order valence-electron chi connectivity index (χ4n) is 3.74. The van der Waals surface area contributed by atoms with E-state index >= 15 is 0 Å². The van der Waals surface area contributed by atoms with Gasteiger partial charge in [-0.05, 0) is 80.8 Å². The molecule has 23 heavy (non-hydrogen) atoms. The highest BCUT2D eigenvalue weighted by molar-refractivity contribution is 5.94. The zero-order valence-corrected chi connectivity index (χ0v) is 15.0. The van der Waals surface area contributed by atoms with Crippen LogP contribution in [-0.2, 0) is 12.8 Å². The second-order valence-electron chi connectivity index (χ2n) is 6.73. The number of rotatable bonds is 4. The van der Waals surface area contributed by atoms with E-state index in [0.717, 1.165) is 56.9 Å². The van der Waals surface area contributed by atoms with E-state index in [0.29, 0.717) is 0 Å². The van der Waals surface area contributed by atoms with Crippen LogP contribution in [0, 0.1) is 5.92 Å². The minimum atomic E-state index is 0. The Kier molecular flexibility index (Phi) is 6.91. The SMILES string of the molecule is CCNCC1CCN(C(=O)c2ccc3c(c2)CCCC3)CC1.Cl. The molecule has 0 atom stereocenters. The molecule has 0 spiro atoms. The van der Waals surface area contributed by atoms with Gasteiger partial charge in [-0.3, -0.25) is 4.79 Å². The van der Waals surface area contributed by atoms with Crippen molar-refractivity contribution in [2.75, 3.05) is 26.2 Å². The van der Waals surface area contributed by atoms with Crippen LogP contribution in [0.3, 0.4) is 0 Å². The van der Waals surface area contributed by atoms with Crippen molar-refractivity contribution in [1.82, 2.24) is 10.2 Å². The van der Waals surface area contributed by atoms with Gasteiger partial charge in [0.15, 0.2) is 0 Å². The molecule has 1 amide bonds. The second-order valence-corrected chi connectivity index (χ2v) is 6.73. The maximum atomic E-state index is 12.7. The number of benzene rings is 1. The second kappa shape index (κ2) is 8.70. The van der Waals surface area contributed by atoms with Gasteiger partial charge in [0.2, 0.25) is 0 Å². The standard InChI is InChI=1S/C19H28N2O.ClH/c1-2-20-14-15-9-11-21(12-10-15)19(22)18-8-7-16-5-3-4-6-17(16)13-18;/h7-8,13,15,20H,2-6,9-12,14H2,1H3;1H. The van der Waals surface area contributed by atoms with Crippen LogP contribution in [-0.4, -0.2) is 37.0 Å². The third kappa shape index (κ3) is 4.48. The normalized spacial score (nSPS) is 18.2. The first kappa shape index (κ1) is 18.3. The van der Waals surface area contributed by atoms with E-state index in [2.05, 4.69) is 24.4 Å². The number of aryl methyl sites for hydroxylation is 2. The molecular weight excluding hydrogens is 308 g/mol. The minimum Gasteiger partial charge on any atom is -0.339 e. The van der Waals surface area contributed by atoms with Crippen molar-refractivity contribution in [3.63, 3.8) is 0 Å². The number of amides is 1. The Bertz CT molecular complexity index is 524. The van der Waals surface area contributed by atoms with E-state index in [4.69, 9.17) is 0 Å². The lowest BCUT2D eigenvalue weighted by Crippen LogP contribution is -2.40. The zero-order valence-electron chi connectivity index (χ0n) is 14.1. The van der Waals surface area contributed by atoms with Gasteiger partial charge in [-0.2, -0.15) is 0 Å². The summed E-state index contributed by atoms with van der Waals surface area (Å²) in [6, 6.07) is 6.37. The first-order valence-corrected chi connectivity index (χ1v) is 8.89. The van der Waals surface area contributed by atoms with E-state index in [9.17, 15) is 4.79 Å². The summed E-state index contributed by atoms with van der Waals surface area (Å²) in [5.41, 5.74) is 3.75. The summed E-state index contributed by atoms with van der Waals surface area (Å²) in [5.74, 6) is 0.961. The summed E-state index contributed by atoms with van der Waals surface area (Å²) in [6.07, 6.45) is 7.13. The molecule has 0 unspecified atom stereocenters. The lowest BCUT2D eigenvalue weighted by Gasteiger charge is -2.32. The first-order valence-electron chi connectivity index (χ1n) is 8.89. The third-order valence-electron chi connectivity index (χ3n) is 5.18. The summed E-state index contributed by atoms with van der Waals surface area (Å²) in [6.45, 7) is 6.10. The van der Waals surface area contributed by atoms with E-state index < -0.39 is 0 Å². The van der Waals surface area contributed by atoms with Crippen LogP contribution in [0.4, 0.5) is 0 Å². The van der Waals surface area contributed by atoms with Crippen molar-refractivity contribution < 1.29 is 4.79 Å². The van der Waals surface area contributed by atoms with E-state index in [-0.39, 0.29) is 18.3 Å². The van der Waals surface area contributed by atoms with Gasteiger partial charge < -0.3 is 10.2 Å². The molecule has 1 aromatic carbocycles. The molecular formula is C19H29ClN2O. The molecule has 128 valence electrons. The van der Waals surface area contributed by atoms with Gasteiger partial charge >= 0.3 is 0 Å². The number of carbonyl (C=O) groups is 1. The Morgan fingerprint density at radius 3 is 2.57 bits per heavy atom. The molecule has 2 aliphatic rings. The quantitative estimate of drug-likeness (QED) is 0.913. The number of hydrogen-bond acceptors (Lipinski definition) is 2. The molecule has 4 heteroatoms. The molecule has 1 aliphatic heterocycles. The fourth-order valence-corrected chi connectivity index (χ4v) is 3.74. The monoisotopic (exact) mass is 336 g/mol. The Morgan fingerprint density at radius 2 is 1.87 bits per heavy atom. The average Bonchev–Trinajstić information content (AvgIpc) is 2.59. The number of hydrogen-bond donors (Lipinski definition) is 1. The Hall–Kier alpha value is -1.06. The van der Waals surface area contributed by atoms with Crippen molar-refractivity contribution in [1.29, 1.82) is 0 Å². The number of nitrogens with zero attached hydrogens (tertiary/aromatic N) is 1. The molecule has 1 fully saturated rings. The molecule has 0 saturated carbocycles. The van der Waals surface area contributed by atoms with Crippen LogP contribution in [0.1, 0.15) is 54.1 Å². The molecule has 0 bridgehead atoms. The van der Waals surface area contributed by atoms with Crippen LogP contribution in [0.15, 0.2) is 18.2 Å². The zero-order chi connectivity index (χ0) is 15.4. The predicted octanol–water partition coefficient (Wildman–Crippen LogP) is 3.45. The van der Waals surface area contributed by atoms with Crippen molar-refractivity contribution in [3.8, 4) is 0 Å². The van der Waals surface area contributed by atoms with Crippen molar-refractivity contribution >= 4 is 18.3 Å². The maximum absolute atomic E-state index is 12.7. The average molecular weight is 337 g/mol. The lowest BCUT2D eigenvalue weighted by atomic mass is 9.90. The minimum absolute atomic E-state index is 0. The number of nitrogens with one attached hydrogen (secondary N) is 1. The van der Waals surface area contributed by atoms with E-state index in [1.807, 2.05) is 11.0 Å². The Morgan fingerprint density at radius 1 is 1.17 bits per heavy atom. The summed E-state index contributed by atoms with van der Waals surface area (Å²) in [5, 5.41) is 3.42. The molecule has 0 radical (unpaired) electrons. The van der Waals surface area contributed by atoms with Crippen LogP contribution >= 0.6 is 12.4 Å². The summed E-state index contributed by atoms with van der Waals surface area (Å²) in [4.78, 5) is 14.8. The number of likely N-dealkylation sites (tertiary alicyclic amines) is 1. The summed E-state index contributed by atoms with van der Waals surface area (Å²) in [7, 11) is 0. The van der Waals surface area contributed by atoms with E-state index in [1.54, 1.807) is 0 Å². The number of carbonyl (C=O) groups excluding carboxylic acids is 1. The van der Waals surface area contributed by atoms with Crippen molar-refractivity contribution in [2.45, 2.75) is 45.4 Å². The molecule has 1 N–H and O–H groups in total. The van der Waals surface area contributed by atoms with Gasteiger partial charge in [0.25, 0.3) is 5.91 Å². The molecule has 1 aromatic rings. The molecule has 3 nitrogen and oxygen atoms in total. The van der Waals surface area contributed by atoms with Gasteiger partial charge in [-0.15, -0.1) is 12.4 Å². The summed E-state index contributed by atoms with van der Waals surface area (Å²) < 4.78 is 0. The van der Waals surface area contributed by atoms with Gasteiger partial charge in [0.1, 0.15) is 0 Å². The van der Waals surface area contributed by atoms with Gasteiger partial charge in [-0.25, -0.2) is 0 Å². The molecule has 1 heterocycles. The van der Waals surface area contributed by atoms with Gasteiger partial charge in [0.05, 0.1) is 0 Å². The van der Waals surface area contributed by atoms with Gasteiger partial charge in [0, 0.05) is 18.7 Å². The topological polar surface area (TPSA) is 32.3 Å². The van der Waals surface area contributed by atoms with Crippen LogP contribution in [0.5, 0.6) is 0 Å². The highest BCUT2D eigenvalue weighted by Crippen LogP contribution is 2.24. The van der Waals surface area contributed by atoms with Crippen molar-refractivity contribution in [3.05, 3.63) is 34.9 Å². The molecule has 1 aliphatic carbocycles. The fraction of sp³-hybridized carbons (Fsp3) is 0.632. The van der Waals surface area contributed by atoms with Crippen molar-refractivity contribution in [2.24, 2.45) is 5.92 Å². The summed E-state index contributed by atoms with van der Waals surface area (Å²) >= 11 is 0. The van der Waals surface area contributed by atoms with Crippen LogP contribution < -0.4 is 5.32 Å². The van der Waals surface area contributed by atoms with Crippen LogP contribution in [0.25, 0.3) is 0 Å². The molecule has 1 saturated heterocycles. The van der Waals surface area contributed by atoms with Gasteiger partial charge in [-0.1, -0.05) is 13.0 Å². The third-order valence-corrected chi connectivity index (χ3v) is 5.18. The molecule has 0 aromatic heterocycles. The highest BCUT2D eigenvalue weighted by Gasteiger charge is 2.24. The largest absolute Gasteiger partial charge is 0.339 e. The van der Waals surface area contributed by atoms with Crippen LogP contribution in [0.2, 0.25) is 0 Å². The molecule has 3 rings (SSSR count). The Labute approximate surface area is 146 Å². The maximum Gasteiger partial charge on any atom is 0.253 e. The van der Waals surface area contributed by atoms with E-state index in [1.165, 1.54) is 30.4 Å². The number of halogens is 1. The highest BCUT2D eigenvalue weighted by atomic mass is 35.5. The lowest BCUT2D eigenvalue weighted by molar-refractivity contribution is 0.0690. The number of fused-ring (bicyclic) bond motifs is 1. The first-order chi connectivity index (χ1) is 10.8. The number of piperidine rings is 1. The predicted molar refractivity (Wildman–Crippen MR) is 97.5 cm³/mol. The smallest absolute Gasteiger partial charge is 0.253 e. The Balaban J connectivity index is 0.00000192.